The SMILES string of the molecule is CC(=O)Nc1cccc(C(=O)N(C)Cc2n[nH]c(C)n2)c1. The molecule has 1 aromatic heterocycles. The summed E-state index contributed by atoms with van der Waals surface area (Å²) in [5.74, 6) is 0.925. The Morgan fingerprint density at radius 3 is 2.76 bits per heavy atom. The van der Waals surface area contributed by atoms with Crippen LogP contribution in [0.25, 0.3) is 0 Å². The first kappa shape index (κ1) is 14.7. The summed E-state index contributed by atoms with van der Waals surface area (Å²) in [5.41, 5.74) is 1.09. The van der Waals surface area contributed by atoms with Gasteiger partial charge >= 0.3 is 0 Å². The fraction of sp³-hybridized carbons (Fsp3) is 0.286. The second-order valence-electron chi connectivity index (χ2n) is 4.76. The molecule has 2 rings (SSSR count). The van der Waals surface area contributed by atoms with Crippen LogP contribution in [0.1, 0.15) is 28.9 Å². The number of hydrogen-bond acceptors (Lipinski definition) is 4. The van der Waals surface area contributed by atoms with Crippen molar-refractivity contribution in [1.82, 2.24) is 20.1 Å². The van der Waals surface area contributed by atoms with E-state index in [0.717, 1.165) is 0 Å². The van der Waals surface area contributed by atoms with Gasteiger partial charge in [-0.3, -0.25) is 14.7 Å². The average molecular weight is 287 g/mol. The molecule has 0 aliphatic rings. The number of aromatic nitrogens is 3. The largest absolute Gasteiger partial charge is 0.334 e. The average Bonchev–Trinajstić information content (AvgIpc) is 2.82. The predicted molar refractivity (Wildman–Crippen MR) is 77.7 cm³/mol. The van der Waals surface area contributed by atoms with Gasteiger partial charge in [-0.05, 0) is 25.1 Å². The molecule has 0 spiro atoms. The number of aryl methyl sites for hydroxylation is 1. The van der Waals surface area contributed by atoms with Crippen LogP contribution in [0.2, 0.25) is 0 Å². The Morgan fingerprint density at radius 1 is 1.38 bits per heavy atom. The Morgan fingerprint density at radius 2 is 2.14 bits per heavy atom. The number of carbonyl (C=O) groups excluding carboxylic acids is 2. The standard InChI is InChI=1S/C14H17N5O2/c1-9-15-13(18-17-9)8-19(3)14(21)11-5-4-6-12(7-11)16-10(2)20/h4-7H,8H2,1-3H3,(H,16,20)(H,15,17,18). The number of amides is 2. The van der Waals surface area contributed by atoms with Crippen LogP contribution in [0.4, 0.5) is 5.69 Å². The third kappa shape index (κ3) is 3.88. The molecule has 7 nitrogen and oxygen atoms in total. The molecule has 2 amide bonds. The highest BCUT2D eigenvalue weighted by atomic mass is 16.2. The van der Waals surface area contributed by atoms with Gasteiger partial charge < -0.3 is 10.2 Å². The van der Waals surface area contributed by atoms with E-state index in [1.54, 1.807) is 38.2 Å². The van der Waals surface area contributed by atoms with Crippen LogP contribution in [-0.2, 0) is 11.3 Å². The van der Waals surface area contributed by atoms with Crippen molar-refractivity contribution in [2.75, 3.05) is 12.4 Å². The maximum absolute atomic E-state index is 12.3. The lowest BCUT2D eigenvalue weighted by atomic mass is 10.1. The summed E-state index contributed by atoms with van der Waals surface area (Å²) in [5, 5.41) is 9.39. The lowest BCUT2D eigenvalue weighted by Gasteiger charge is -2.15. The highest BCUT2D eigenvalue weighted by molar-refractivity contribution is 5.96. The van der Waals surface area contributed by atoms with Gasteiger partial charge in [-0.15, -0.1) is 0 Å². The first-order chi connectivity index (χ1) is 9.95. The number of rotatable bonds is 4. The van der Waals surface area contributed by atoms with Crippen molar-refractivity contribution in [3.8, 4) is 0 Å². The van der Waals surface area contributed by atoms with E-state index in [-0.39, 0.29) is 11.8 Å². The molecule has 2 N–H and O–H groups in total. The summed E-state index contributed by atoms with van der Waals surface area (Å²) in [6.45, 7) is 3.54. The minimum Gasteiger partial charge on any atom is -0.334 e. The minimum atomic E-state index is -0.177. The molecule has 0 radical (unpaired) electrons. The third-order valence-electron chi connectivity index (χ3n) is 2.80. The van der Waals surface area contributed by atoms with Gasteiger partial charge in [0.15, 0.2) is 5.82 Å². The molecular weight excluding hydrogens is 270 g/mol. The first-order valence-corrected chi connectivity index (χ1v) is 6.46. The molecule has 1 heterocycles. The van der Waals surface area contributed by atoms with Gasteiger partial charge in [-0.25, -0.2) is 4.98 Å². The van der Waals surface area contributed by atoms with Crippen LogP contribution in [0.15, 0.2) is 24.3 Å². The molecule has 0 saturated heterocycles. The van der Waals surface area contributed by atoms with E-state index in [4.69, 9.17) is 0 Å². The molecule has 0 aliphatic carbocycles. The van der Waals surface area contributed by atoms with Crippen molar-refractivity contribution in [2.45, 2.75) is 20.4 Å². The van der Waals surface area contributed by atoms with Gasteiger partial charge in [0.1, 0.15) is 5.82 Å². The summed E-state index contributed by atoms with van der Waals surface area (Å²) >= 11 is 0. The van der Waals surface area contributed by atoms with Gasteiger partial charge in [0.05, 0.1) is 6.54 Å². The third-order valence-corrected chi connectivity index (χ3v) is 2.80. The number of H-pyrrole nitrogens is 1. The van der Waals surface area contributed by atoms with E-state index in [1.165, 1.54) is 11.8 Å². The van der Waals surface area contributed by atoms with Crippen LogP contribution in [0, 0.1) is 6.92 Å². The number of hydrogen-bond donors (Lipinski definition) is 2. The molecule has 0 saturated carbocycles. The maximum Gasteiger partial charge on any atom is 0.254 e. The van der Waals surface area contributed by atoms with Crippen LogP contribution < -0.4 is 5.32 Å². The van der Waals surface area contributed by atoms with E-state index in [2.05, 4.69) is 20.5 Å². The molecule has 110 valence electrons. The minimum absolute atomic E-state index is 0.162. The van der Waals surface area contributed by atoms with Crippen molar-refractivity contribution in [1.29, 1.82) is 0 Å². The molecule has 0 unspecified atom stereocenters. The van der Waals surface area contributed by atoms with E-state index in [1.807, 2.05) is 0 Å². The van der Waals surface area contributed by atoms with Crippen molar-refractivity contribution in [3.05, 3.63) is 41.5 Å². The second kappa shape index (κ2) is 6.17. The van der Waals surface area contributed by atoms with Gasteiger partial charge in [-0.2, -0.15) is 5.10 Å². The van der Waals surface area contributed by atoms with Crippen molar-refractivity contribution >= 4 is 17.5 Å². The van der Waals surface area contributed by atoms with E-state index in [9.17, 15) is 9.59 Å². The molecule has 21 heavy (non-hydrogen) atoms. The second-order valence-corrected chi connectivity index (χ2v) is 4.76. The zero-order valence-corrected chi connectivity index (χ0v) is 12.2. The molecule has 2 aromatic rings. The quantitative estimate of drug-likeness (QED) is 0.888. The Labute approximate surface area is 122 Å². The Kier molecular flexibility index (Phi) is 4.32. The fourth-order valence-corrected chi connectivity index (χ4v) is 1.90. The number of nitrogens with one attached hydrogen (secondary N) is 2. The van der Waals surface area contributed by atoms with Gasteiger partial charge in [-0.1, -0.05) is 6.07 Å². The van der Waals surface area contributed by atoms with Crippen LogP contribution in [0.5, 0.6) is 0 Å². The lowest BCUT2D eigenvalue weighted by Crippen LogP contribution is -2.26. The van der Waals surface area contributed by atoms with E-state index < -0.39 is 0 Å². The van der Waals surface area contributed by atoms with Crippen LogP contribution in [0.3, 0.4) is 0 Å². The molecule has 0 atom stereocenters. The normalized spacial score (nSPS) is 10.2. The molecule has 0 fully saturated rings. The van der Waals surface area contributed by atoms with Crippen molar-refractivity contribution in [2.24, 2.45) is 0 Å². The number of benzene rings is 1. The van der Waals surface area contributed by atoms with Crippen molar-refractivity contribution in [3.63, 3.8) is 0 Å². The summed E-state index contributed by atoms with van der Waals surface area (Å²) in [4.78, 5) is 29.1. The zero-order chi connectivity index (χ0) is 15.4. The maximum atomic E-state index is 12.3. The van der Waals surface area contributed by atoms with Crippen LogP contribution >= 0.6 is 0 Å². The summed E-state index contributed by atoms with van der Waals surface area (Å²) in [6, 6.07) is 6.80. The molecule has 0 bridgehead atoms. The van der Waals surface area contributed by atoms with Gasteiger partial charge in [0, 0.05) is 25.2 Å². The van der Waals surface area contributed by atoms with Gasteiger partial charge in [0.2, 0.25) is 5.91 Å². The molecule has 7 heteroatoms. The Bertz CT molecular complexity index is 665. The lowest BCUT2D eigenvalue weighted by molar-refractivity contribution is -0.114. The van der Waals surface area contributed by atoms with Crippen molar-refractivity contribution < 1.29 is 9.59 Å². The highest BCUT2D eigenvalue weighted by Gasteiger charge is 2.14. The predicted octanol–water partition coefficient (Wildman–Crippen LogP) is 1.34. The number of nitrogens with zero attached hydrogens (tertiary/aromatic N) is 3. The molecule has 0 aliphatic heterocycles. The summed E-state index contributed by atoms with van der Waals surface area (Å²) in [6.07, 6.45) is 0. The first-order valence-electron chi connectivity index (χ1n) is 6.46. The monoisotopic (exact) mass is 287 g/mol. The number of anilines is 1. The van der Waals surface area contributed by atoms with E-state index in [0.29, 0.717) is 29.4 Å². The summed E-state index contributed by atoms with van der Waals surface area (Å²) in [7, 11) is 1.68. The number of carbonyl (C=O) groups is 2. The van der Waals surface area contributed by atoms with Gasteiger partial charge in [0.25, 0.3) is 5.91 Å². The summed E-state index contributed by atoms with van der Waals surface area (Å²) < 4.78 is 0. The van der Waals surface area contributed by atoms with E-state index >= 15 is 0 Å². The Hall–Kier alpha value is -2.70. The number of aromatic amines is 1. The van der Waals surface area contributed by atoms with Crippen LogP contribution in [-0.4, -0.2) is 38.9 Å². The molecular formula is C14H17N5O2. The Balaban J connectivity index is 2.09. The topological polar surface area (TPSA) is 91.0 Å². The highest BCUT2D eigenvalue weighted by Crippen LogP contribution is 2.13. The zero-order valence-electron chi connectivity index (χ0n) is 12.2. The molecule has 1 aromatic carbocycles. The smallest absolute Gasteiger partial charge is 0.254 e. The fourth-order valence-electron chi connectivity index (χ4n) is 1.90.